The molecule has 0 aliphatic carbocycles. The number of rotatable bonds is 4. The Morgan fingerprint density at radius 2 is 2.50 bits per heavy atom. The highest BCUT2D eigenvalue weighted by Gasteiger charge is 2.34. The van der Waals surface area contributed by atoms with E-state index in [1.54, 1.807) is 0 Å². The summed E-state index contributed by atoms with van der Waals surface area (Å²) in [4.78, 5) is 0. The first-order valence-corrected chi connectivity index (χ1v) is 6.04. The first-order valence-electron chi connectivity index (χ1n) is 6.04. The summed E-state index contributed by atoms with van der Waals surface area (Å²) in [6, 6.07) is 2.40. The van der Waals surface area contributed by atoms with Gasteiger partial charge in [0.15, 0.2) is 0 Å². The van der Waals surface area contributed by atoms with Gasteiger partial charge in [-0.15, -0.1) is 0 Å². The molecule has 0 aromatic carbocycles. The molecule has 3 unspecified atom stereocenters. The summed E-state index contributed by atoms with van der Waals surface area (Å²) >= 11 is 0. The minimum atomic E-state index is 0.314. The van der Waals surface area contributed by atoms with E-state index in [9.17, 15) is 0 Å². The average molecular weight is 223 g/mol. The third kappa shape index (κ3) is 2.13. The van der Waals surface area contributed by atoms with Gasteiger partial charge in [-0.25, -0.2) is 0 Å². The van der Waals surface area contributed by atoms with E-state index in [2.05, 4.69) is 23.4 Å². The Morgan fingerprint density at radius 3 is 3.06 bits per heavy atom. The van der Waals surface area contributed by atoms with Crippen molar-refractivity contribution in [2.75, 3.05) is 13.7 Å². The van der Waals surface area contributed by atoms with Gasteiger partial charge in [0.25, 0.3) is 0 Å². The normalized spacial score (nSPS) is 27.2. The smallest absolute Gasteiger partial charge is 0.0797 e. The van der Waals surface area contributed by atoms with Crippen molar-refractivity contribution in [3.63, 3.8) is 0 Å². The Bertz CT molecular complexity index is 337. The lowest BCUT2D eigenvalue weighted by molar-refractivity contribution is 0.0777. The fourth-order valence-corrected chi connectivity index (χ4v) is 2.65. The van der Waals surface area contributed by atoms with E-state index in [1.165, 1.54) is 0 Å². The summed E-state index contributed by atoms with van der Waals surface area (Å²) in [7, 11) is 3.96. The van der Waals surface area contributed by atoms with Crippen LogP contribution in [0.3, 0.4) is 0 Å². The van der Waals surface area contributed by atoms with E-state index in [0.29, 0.717) is 18.1 Å². The van der Waals surface area contributed by atoms with Gasteiger partial charge in [0.1, 0.15) is 0 Å². The minimum Gasteiger partial charge on any atom is -0.378 e. The lowest BCUT2D eigenvalue weighted by atomic mass is 9.89. The quantitative estimate of drug-likeness (QED) is 0.840. The Morgan fingerprint density at radius 1 is 1.69 bits per heavy atom. The van der Waals surface area contributed by atoms with Crippen molar-refractivity contribution in [1.29, 1.82) is 0 Å². The molecule has 4 nitrogen and oxygen atoms in total. The van der Waals surface area contributed by atoms with Crippen molar-refractivity contribution in [1.82, 2.24) is 15.1 Å². The lowest BCUT2D eigenvalue weighted by Gasteiger charge is -2.25. The maximum Gasteiger partial charge on any atom is 0.0797 e. The SMILES string of the molecule is CCC1OCCC1C(NC)c1ccn(C)n1. The van der Waals surface area contributed by atoms with Crippen LogP contribution in [-0.4, -0.2) is 29.5 Å². The summed E-state index contributed by atoms with van der Waals surface area (Å²) in [5.74, 6) is 0.546. The zero-order chi connectivity index (χ0) is 11.5. The molecule has 0 spiro atoms. The van der Waals surface area contributed by atoms with Gasteiger partial charge in [0.05, 0.1) is 17.8 Å². The highest BCUT2D eigenvalue weighted by Crippen LogP contribution is 2.33. The van der Waals surface area contributed by atoms with E-state index in [-0.39, 0.29) is 0 Å². The number of hydrogen-bond donors (Lipinski definition) is 1. The second-order valence-corrected chi connectivity index (χ2v) is 4.45. The van der Waals surface area contributed by atoms with Crippen molar-refractivity contribution in [2.45, 2.75) is 31.9 Å². The third-order valence-corrected chi connectivity index (χ3v) is 3.46. The maximum atomic E-state index is 5.75. The molecule has 16 heavy (non-hydrogen) atoms. The Labute approximate surface area is 97.0 Å². The molecule has 1 N–H and O–H groups in total. The van der Waals surface area contributed by atoms with Crippen LogP contribution in [-0.2, 0) is 11.8 Å². The molecule has 0 saturated carbocycles. The van der Waals surface area contributed by atoms with Crippen LogP contribution >= 0.6 is 0 Å². The van der Waals surface area contributed by atoms with Gasteiger partial charge in [-0.1, -0.05) is 6.92 Å². The van der Waals surface area contributed by atoms with Crippen LogP contribution in [0.5, 0.6) is 0 Å². The van der Waals surface area contributed by atoms with Gasteiger partial charge in [-0.05, 0) is 26.0 Å². The number of hydrogen-bond acceptors (Lipinski definition) is 3. The summed E-state index contributed by atoms with van der Waals surface area (Å²) < 4.78 is 7.61. The van der Waals surface area contributed by atoms with Gasteiger partial charge >= 0.3 is 0 Å². The predicted octanol–water partition coefficient (Wildman–Crippen LogP) is 1.50. The van der Waals surface area contributed by atoms with Crippen molar-refractivity contribution in [3.8, 4) is 0 Å². The molecule has 0 bridgehead atoms. The van der Waals surface area contributed by atoms with Crippen LogP contribution in [0.15, 0.2) is 12.3 Å². The Balaban J connectivity index is 2.15. The molecule has 1 saturated heterocycles. The molecule has 90 valence electrons. The number of nitrogens with one attached hydrogen (secondary N) is 1. The highest BCUT2D eigenvalue weighted by molar-refractivity contribution is 5.08. The number of ether oxygens (including phenoxy) is 1. The molecule has 1 aromatic rings. The molecule has 4 heteroatoms. The van der Waals surface area contributed by atoms with E-state index in [4.69, 9.17) is 4.74 Å². The van der Waals surface area contributed by atoms with E-state index in [1.807, 2.05) is 25.0 Å². The molecule has 1 aliphatic rings. The van der Waals surface area contributed by atoms with Gasteiger partial charge in [0, 0.05) is 25.8 Å². The highest BCUT2D eigenvalue weighted by atomic mass is 16.5. The number of aromatic nitrogens is 2. The predicted molar refractivity (Wildman–Crippen MR) is 63.1 cm³/mol. The molecule has 2 heterocycles. The molecule has 1 fully saturated rings. The van der Waals surface area contributed by atoms with Crippen LogP contribution in [0.1, 0.15) is 31.5 Å². The monoisotopic (exact) mass is 223 g/mol. The second kappa shape index (κ2) is 4.97. The van der Waals surface area contributed by atoms with Crippen molar-refractivity contribution in [3.05, 3.63) is 18.0 Å². The zero-order valence-electron chi connectivity index (χ0n) is 10.3. The lowest BCUT2D eigenvalue weighted by Crippen LogP contribution is -2.31. The summed E-state index contributed by atoms with van der Waals surface area (Å²) in [5.41, 5.74) is 1.12. The number of aryl methyl sites for hydroxylation is 1. The molecule has 0 radical (unpaired) electrons. The molecule has 3 atom stereocenters. The van der Waals surface area contributed by atoms with Crippen molar-refractivity contribution in [2.24, 2.45) is 13.0 Å². The standard InChI is InChI=1S/C12H21N3O/c1-4-11-9(6-8-16-11)12(13-2)10-5-7-15(3)14-10/h5,7,9,11-13H,4,6,8H2,1-3H3. The van der Waals surface area contributed by atoms with Crippen molar-refractivity contribution >= 4 is 0 Å². The van der Waals surface area contributed by atoms with Crippen LogP contribution in [0, 0.1) is 5.92 Å². The van der Waals surface area contributed by atoms with Gasteiger partial charge in [-0.2, -0.15) is 5.10 Å². The van der Waals surface area contributed by atoms with Gasteiger partial charge in [0.2, 0.25) is 0 Å². The molecular formula is C12H21N3O. The minimum absolute atomic E-state index is 0.314. The fourth-order valence-electron chi connectivity index (χ4n) is 2.65. The van der Waals surface area contributed by atoms with Gasteiger partial charge in [-0.3, -0.25) is 4.68 Å². The maximum absolute atomic E-state index is 5.75. The first kappa shape index (κ1) is 11.6. The molecule has 0 amide bonds. The average Bonchev–Trinajstić information content (AvgIpc) is 2.89. The second-order valence-electron chi connectivity index (χ2n) is 4.45. The summed E-state index contributed by atoms with van der Waals surface area (Å²) in [6.45, 7) is 3.07. The number of nitrogens with zero attached hydrogens (tertiary/aromatic N) is 2. The van der Waals surface area contributed by atoms with Gasteiger partial charge < -0.3 is 10.1 Å². The van der Waals surface area contributed by atoms with Crippen LogP contribution in [0.4, 0.5) is 0 Å². The molecule has 2 rings (SSSR count). The fraction of sp³-hybridized carbons (Fsp3) is 0.750. The molecular weight excluding hydrogens is 202 g/mol. The largest absolute Gasteiger partial charge is 0.378 e. The van der Waals surface area contributed by atoms with E-state index < -0.39 is 0 Å². The molecule has 1 aromatic heterocycles. The third-order valence-electron chi connectivity index (χ3n) is 3.46. The van der Waals surface area contributed by atoms with E-state index in [0.717, 1.165) is 25.1 Å². The molecule has 1 aliphatic heterocycles. The summed E-state index contributed by atoms with van der Waals surface area (Å²) in [5, 5.41) is 7.88. The van der Waals surface area contributed by atoms with Crippen LogP contribution < -0.4 is 5.32 Å². The van der Waals surface area contributed by atoms with Crippen LogP contribution in [0.25, 0.3) is 0 Å². The topological polar surface area (TPSA) is 39.1 Å². The Kier molecular flexibility index (Phi) is 3.61. The van der Waals surface area contributed by atoms with Crippen LogP contribution in [0.2, 0.25) is 0 Å². The first-order chi connectivity index (χ1) is 7.76. The zero-order valence-corrected chi connectivity index (χ0v) is 10.3. The Hall–Kier alpha value is -0.870. The summed E-state index contributed by atoms with van der Waals surface area (Å²) in [6.07, 6.45) is 4.58. The van der Waals surface area contributed by atoms with Crippen molar-refractivity contribution < 1.29 is 4.74 Å². The van der Waals surface area contributed by atoms with E-state index >= 15 is 0 Å².